The average Bonchev–Trinajstić information content (AvgIpc) is 1.41. The van der Waals surface area contributed by atoms with Gasteiger partial charge in [0, 0.05) is 0 Å². The lowest BCUT2D eigenvalue weighted by Crippen LogP contribution is -1.88. The summed E-state index contributed by atoms with van der Waals surface area (Å²) in [7, 11) is 2.98. The molecule has 0 spiro atoms. The van der Waals surface area contributed by atoms with Crippen molar-refractivity contribution >= 4 is 0 Å². The van der Waals surface area contributed by atoms with Crippen LogP contribution in [0.3, 0.4) is 0 Å². The average molecular weight is 74.1 g/mol. The Bertz CT molecular complexity index is 12.4. The van der Waals surface area contributed by atoms with Gasteiger partial charge < -0.3 is 4.74 Å². The van der Waals surface area contributed by atoms with Crippen LogP contribution in [0.2, 0.25) is 0 Å². The summed E-state index contributed by atoms with van der Waals surface area (Å²) in [6.45, 7) is 0.0312. The molecule has 0 bridgehead atoms. The van der Waals surface area contributed by atoms with E-state index in [1.807, 2.05) is 0 Å². The van der Waals surface area contributed by atoms with E-state index in [1.165, 1.54) is 0 Å². The number of hydrogen-bond donors (Lipinski definition) is 0. The highest BCUT2D eigenvalue weighted by Crippen LogP contribution is 1.60. The van der Waals surface area contributed by atoms with Gasteiger partial charge in [0.2, 0.25) is 0 Å². The van der Waals surface area contributed by atoms with Crippen LogP contribution in [0.5, 0.6) is 0 Å². The molecule has 0 aromatic heterocycles. The Balaban J connectivity index is 2.19. The number of rotatable bonds is 2. The maximum Gasteiger partial charge on any atom is 0.106 e. The van der Waals surface area contributed by atoms with Gasteiger partial charge >= 0.3 is 0 Å². The van der Waals surface area contributed by atoms with Gasteiger partial charge in [-0.15, -0.1) is 0 Å². The van der Waals surface area contributed by atoms with Crippen LogP contribution in [0.1, 0.15) is 0 Å². The maximum atomic E-state index is 9.36. The van der Waals surface area contributed by atoms with Crippen molar-refractivity contribution in [2.45, 2.75) is 0 Å². The summed E-state index contributed by atoms with van der Waals surface area (Å²) in [4.78, 5) is 0. The molecule has 2 heteroatoms. The standard InChI is InChI=1S/C3H6O2/c1-5-3-2-4/h1-3H2. The van der Waals surface area contributed by atoms with E-state index in [4.69, 9.17) is 0 Å². The van der Waals surface area contributed by atoms with Gasteiger partial charge in [0.25, 0.3) is 0 Å². The minimum atomic E-state index is -0.191. The van der Waals surface area contributed by atoms with Gasteiger partial charge in [-0.05, 0) is 0 Å². The van der Waals surface area contributed by atoms with E-state index in [2.05, 4.69) is 11.8 Å². The summed E-state index contributed by atoms with van der Waals surface area (Å²) in [5, 5.41) is 9.36. The Hall–Kier alpha value is -0.0800. The Morgan fingerprint density at radius 3 is 2.40 bits per heavy atom. The minimum absolute atomic E-state index is 0.191. The molecule has 0 aliphatic rings. The molecule has 0 heterocycles. The molecule has 5 heavy (non-hydrogen) atoms. The molecule has 0 aliphatic carbocycles. The van der Waals surface area contributed by atoms with Gasteiger partial charge in [-0.1, -0.05) is 0 Å². The van der Waals surface area contributed by atoms with Crippen LogP contribution in [0, 0.1) is 7.11 Å². The zero-order chi connectivity index (χ0) is 4.12. The third-order valence-electron chi connectivity index (χ3n) is 0.228. The third-order valence-corrected chi connectivity index (χ3v) is 0.228. The van der Waals surface area contributed by atoms with Crippen molar-refractivity contribution < 1.29 is 9.84 Å². The molecule has 0 saturated carbocycles. The SMILES string of the molecule is [CH2]OCC[O]. The smallest absolute Gasteiger partial charge is 0.106 e. The number of ether oxygens (including phenoxy) is 1. The first-order valence-electron chi connectivity index (χ1n) is 1.37. The van der Waals surface area contributed by atoms with E-state index in [1.54, 1.807) is 0 Å². The summed E-state index contributed by atoms with van der Waals surface area (Å²) >= 11 is 0. The van der Waals surface area contributed by atoms with E-state index in [9.17, 15) is 5.11 Å². The number of hydrogen-bond acceptors (Lipinski definition) is 1. The van der Waals surface area contributed by atoms with Gasteiger partial charge in [-0.3, -0.25) is 0 Å². The quantitative estimate of drug-likeness (QED) is 0.460. The minimum Gasteiger partial charge on any atom is -0.377 e. The Kier molecular flexibility index (Phi) is 3.86. The Labute approximate surface area is 31.4 Å². The lowest BCUT2D eigenvalue weighted by atomic mass is 10.8. The molecule has 0 N–H and O–H groups in total. The highest BCUT2D eigenvalue weighted by molar-refractivity contribution is 4.16. The molecule has 0 saturated heterocycles. The zero-order valence-electron chi connectivity index (χ0n) is 2.94. The molecule has 30 valence electrons. The molecule has 0 fully saturated rings. The molecular weight excluding hydrogens is 68.0 g/mol. The first kappa shape index (κ1) is 4.92. The molecule has 0 aliphatic heterocycles. The van der Waals surface area contributed by atoms with Crippen molar-refractivity contribution in [3.05, 3.63) is 7.11 Å². The van der Waals surface area contributed by atoms with E-state index < -0.39 is 0 Å². The second kappa shape index (κ2) is 3.92. The summed E-state index contributed by atoms with van der Waals surface area (Å²) in [5.41, 5.74) is 0. The normalized spacial score (nSPS) is 8.40. The van der Waals surface area contributed by atoms with E-state index in [0.29, 0.717) is 0 Å². The molecule has 2 radical (unpaired) electrons. The van der Waals surface area contributed by atoms with Gasteiger partial charge in [0.1, 0.15) is 6.61 Å². The predicted octanol–water partition coefficient (Wildman–Crippen LogP) is 0.225. The van der Waals surface area contributed by atoms with Crippen LogP contribution in [0.4, 0.5) is 0 Å². The zero-order valence-corrected chi connectivity index (χ0v) is 2.94. The van der Waals surface area contributed by atoms with Crippen LogP contribution in [-0.4, -0.2) is 13.2 Å². The summed E-state index contributed by atoms with van der Waals surface area (Å²) in [6, 6.07) is 0. The fraction of sp³-hybridized carbons (Fsp3) is 0.667. The van der Waals surface area contributed by atoms with Crippen LogP contribution in [-0.2, 0) is 9.84 Å². The molecule has 0 unspecified atom stereocenters. The van der Waals surface area contributed by atoms with Crippen LogP contribution in [0.25, 0.3) is 0 Å². The summed E-state index contributed by atoms with van der Waals surface area (Å²) < 4.78 is 4.13. The highest BCUT2D eigenvalue weighted by Gasteiger charge is 1.70. The van der Waals surface area contributed by atoms with Crippen LogP contribution < -0.4 is 0 Å². The Morgan fingerprint density at radius 1 is 1.80 bits per heavy atom. The third kappa shape index (κ3) is 3.92. The van der Waals surface area contributed by atoms with Crippen molar-refractivity contribution in [2.75, 3.05) is 13.2 Å². The molecule has 0 rings (SSSR count). The monoisotopic (exact) mass is 74.0 g/mol. The van der Waals surface area contributed by atoms with E-state index in [-0.39, 0.29) is 13.2 Å². The first-order chi connectivity index (χ1) is 2.41. The molecule has 0 atom stereocenters. The molecular formula is C3H6O2. The summed E-state index contributed by atoms with van der Waals surface area (Å²) in [5.74, 6) is 0. The fourth-order valence-electron chi connectivity index (χ4n) is 0.0589. The van der Waals surface area contributed by atoms with Gasteiger partial charge in [-0.2, -0.15) is 0 Å². The predicted molar refractivity (Wildman–Crippen MR) is 16.9 cm³/mol. The van der Waals surface area contributed by atoms with Crippen molar-refractivity contribution in [2.24, 2.45) is 0 Å². The Morgan fingerprint density at radius 2 is 2.40 bits per heavy atom. The fourth-order valence-corrected chi connectivity index (χ4v) is 0.0589. The van der Waals surface area contributed by atoms with Crippen LogP contribution in [0.15, 0.2) is 0 Å². The van der Waals surface area contributed by atoms with Crippen molar-refractivity contribution in [3.8, 4) is 0 Å². The van der Waals surface area contributed by atoms with Gasteiger partial charge in [0.05, 0.1) is 13.7 Å². The molecule has 2 nitrogen and oxygen atoms in total. The highest BCUT2D eigenvalue weighted by atomic mass is 16.5. The van der Waals surface area contributed by atoms with Gasteiger partial charge in [0.15, 0.2) is 0 Å². The van der Waals surface area contributed by atoms with Crippen molar-refractivity contribution in [1.82, 2.24) is 0 Å². The second-order valence-electron chi connectivity index (χ2n) is 0.612. The molecule has 0 amide bonds. The van der Waals surface area contributed by atoms with Gasteiger partial charge in [-0.25, -0.2) is 5.11 Å². The topological polar surface area (TPSA) is 29.1 Å². The lowest BCUT2D eigenvalue weighted by Gasteiger charge is -1.81. The van der Waals surface area contributed by atoms with Crippen molar-refractivity contribution in [1.29, 1.82) is 0 Å². The van der Waals surface area contributed by atoms with Crippen LogP contribution >= 0.6 is 0 Å². The lowest BCUT2D eigenvalue weighted by molar-refractivity contribution is 0.112. The summed E-state index contributed by atoms with van der Waals surface area (Å²) in [6.07, 6.45) is 0. The second-order valence-corrected chi connectivity index (χ2v) is 0.612. The van der Waals surface area contributed by atoms with E-state index in [0.717, 1.165) is 0 Å². The first-order valence-corrected chi connectivity index (χ1v) is 1.37. The molecule has 0 aromatic carbocycles. The maximum absolute atomic E-state index is 9.36. The van der Waals surface area contributed by atoms with Crippen molar-refractivity contribution in [3.63, 3.8) is 0 Å². The molecule has 0 aromatic rings. The van der Waals surface area contributed by atoms with E-state index >= 15 is 0 Å². The largest absolute Gasteiger partial charge is 0.377 e.